The number of carbonyl (C=O) groups is 2. The fraction of sp³-hybridized carbons (Fsp3) is 0.385. The number of allylic oxidation sites excluding steroid dienone is 4. The maximum atomic E-state index is 13.7. The van der Waals surface area contributed by atoms with Crippen LogP contribution in [0, 0.1) is 10.8 Å². The minimum Gasteiger partial charge on any atom is -0.493 e. The first kappa shape index (κ1) is 32.7. The molecule has 0 atom stereocenters. The zero-order valence-electron chi connectivity index (χ0n) is 27.8. The number of Topliss-reactive ketones (excluding diaryl/α,β-unsaturated/α-hetero) is 2. The average molecular weight is 657 g/mol. The molecule has 0 amide bonds. The number of ketones is 2. The predicted molar refractivity (Wildman–Crippen MR) is 180 cm³/mol. The summed E-state index contributed by atoms with van der Waals surface area (Å²) in [6.07, 6.45) is 1.97. The van der Waals surface area contributed by atoms with E-state index in [1.807, 2.05) is 54.6 Å². The number of ether oxygens (including phenoxy) is 5. The number of hydrogen-bond donors (Lipinski definition) is 0. The molecule has 3 aromatic rings. The smallest absolute Gasteiger partial charge is 0.180 e. The molecule has 6 rings (SSSR count). The van der Waals surface area contributed by atoms with Gasteiger partial charge in [-0.05, 0) is 51.8 Å². The number of rotatable bonds is 9. The third-order valence-corrected chi connectivity index (χ3v) is 9.30. The van der Waals surface area contributed by atoms with Gasteiger partial charge in [0, 0.05) is 42.7 Å². The topological polar surface area (TPSA) is 80.3 Å². The fourth-order valence-electron chi connectivity index (χ4n) is 6.87. The van der Waals surface area contributed by atoms with E-state index < -0.39 is 5.92 Å². The third kappa shape index (κ3) is 6.77. The lowest BCUT2D eigenvalue weighted by atomic mass is 9.65. The van der Waals surface area contributed by atoms with Crippen LogP contribution in [0.4, 0.5) is 0 Å². The average Bonchev–Trinajstić information content (AvgIpc) is 3.01. The molecule has 0 radical (unpaired) electrons. The molecule has 0 saturated heterocycles. The summed E-state index contributed by atoms with van der Waals surface area (Å²) in [6, 6.07) is 19.2. The predicted octanol–water partition coefficient (Wildman–Crippen LogP) is 8.92. The molecular weight excluding hydrogens is 616 g/mol. The van der Waals surface area contributed by atoms with E-state index in [1.165, 1.54) is 0 Å². The Kier molecular flexibility index (Phi) is 8.88. The van der Waals surface area contributed by atoms with E-state index in [4.69, 9.17) is 35.3 Å². The van der Waals surface area contributed by atoms with Crippen LogP contribution in [0.3, 0.4) is 0 Å². The number of methoxy groups -OCH3 is 2. The van der Waals surface area contributed by atoms with Gasteiger partial charge < -0.3 is 23.7 Å². The third-order valence-electron chi connectivity index (χ3n) is 9.02. The number of benzene rings is 3. The minimum atomic E-state index is -0.589. The molecule has 0 aromatic heterocycles. The Hall–Kier alpha value is -4.23. The summed E-state index contributed by atoms with van der Waals surface area (Å²) in [5.41, 5.74) is 3.21. The standard InChI is InChI=1S/C39H41ClO7/c1-38(2)17-27(41)35-32(19-38)47-33-20-39(3,4)18-28(42)36(33)34(35)25-15-26(40)37(31(16-25)44-6)46-22-24-12-13-29(30(14-24)43-5)45-21-23-10-8-7-9-11-23/h7-16,34H,17-22H2,1-6H3. The number of carbonyl (C=O) groups excluding carboxylic acids is 2. The van der Waals surface area contributed by atoms with E-state index in [9.17, 15) is 9.59 Å². The first-order chi connectivity index (χ1) is 22.4. The molecule has 1 heterocycles. The maximum Gasteiger partial charge on any atom is 0.180 e. The fourth-order valence-corrected chi connectivity index (χ4v) is 7.14. The Balaban J connectivity index is 1.29. The molecule has 47 heavy (non-hydrogen) atoms. The summed E-state index contributed by atoms with van der Waals surface area (Å²) in [7, 11) is 3.15. The van der Waals surface area contributed by atoms with Gasteiger partial charge in [-0.3, -0.25) is 9.59 Å². The van der Waals surface area contributed by atoms with Gasteiger partial charge in [-0.1, -0.05) is 75.7 Å². The van der Waals surface area contributed by atoms with Gasteiger partial charge in [0.15, 0.2) is 34.6 Å². The highest BCUT2D eigenvalue weighted by molar-refractivity contribution is 6.32. The minimum absolute atomic E-state index is 0.00834. The largest absolute Gasteiger partial charge is 0.493 e. The lowest BCUT2D eigenvalue weighted by molar-refractivity contribution is -0.120. The van der Waals surface area contributed by atoms with Crippen molar-refractivity contribution in [1.29, 1.82) is 0 Å². The summed E-state index contributed by atoms with van der Waals surface area (Å²) in [4.78, 5) is 27.4. The Morgan fingerprint density at radius 2 is 1.30 bits per heavy atom. The van der Waals surface area contributed by atoms with Crippen molar-refractivity contribution < 1.29 is 33.3 Å². The first-order valence-electron chi connectivity index (χ1n) is 15.9. The van der Waals surface area contributed by atoms with E-state index in [0.717, 1.165) is 11.1 Å². The monoisotopic (exact) mass is 656 g/mol. The van der Waals surface area contributed by atoms with Crippen molar-refractivity contribution in [3.63, 3.8) is 0 Å². The van der Waals surface area contributed by atoms with Crippen LogP contribution >= 0.6 is 11.6 Å². The highest BCUT2D eigenvalue weighted by Gasteiger charge is 2.48. The van der Waals surface area contributed by atoms with Crippen LogP contribution < -0.4 is 18.9 Å². The van der Waals surface area contributed by atoms with Crippen LogP contribution in [-0.4, -0.2) is 25.8 Å². The lowest BCUT2D eigenvalue weighted by Crippen LogP contribution is -2.37. The Bertz CT molecular complexity index is 1730. The van der Waals surface area contributed by atoms with Crippen molar-refractivity contribution in [1.82, 2.24) is 0 Å². The molecule has 7 nitrogen and oxygen atoms in total. The summed E-state index contributed by atoms with van der Waals surface area (Å²) in [5, 5.41) is 0.317. The van der Waals surface area contributed by atoms with Crippen LogP contribution in [0.15, 0.2) is 83.3 Å². The molecule has 2 aliphatic carbocycles. The molecule has 3 aromatic carbocycles. The van der Waals surface area contributed by atoms with E-state index in [-0.39, 0.29) is 29.0 Å². The number of halogens is 1. The Labute approximate surface area is 281 Å². The van der Waals surface area contributed by atoms with Crippen molar-refractivity contribution in [2.24, 2.45) is 10.8 Å². The normalized spacial score (nSPS) is 18.7. The quantitative estimate of drug-likeness (QED) is 0.227. The van der Waals surface area contributed by atoms with Gasteiger partial charge in [-0.2, -0.15) is 0 Å². The molecular formula is C39H41ClO7. The Morgan fingerprint density at radius 1 is 0.702 bits per heavy atom. The van der Waals surface area contributed by atoms with Crippen molar-refractivity contribution >= 4 is 23.2 Å². The Morgan fingerprint density at radius 3 is 1.89 bits per heavy atom. The van der Waals surface area contributed by atoms with E-state index in [2.05, 4.69) is 27.7 Å². The van der Waals surface area contributed by atoms with E-state index >= 15 is 0 Å². The molecule has 3 aliphatic rings. The molecule has 1 aliphatic heterocycles. The molecule has 0 saturated carbocycles. The van der Waals surface area contributed by atoms with Crippen LogP contribution in [0.2, 0.25) is 5.02 Å². The van der Waals surface area contributed by atoms with Gasteiger partial charge in [0.1, 0.15) is 24.7 Å². The molecule has 0 bridgehead atoms. The van der Waals surface area contributed by atoms with E-state index in [1.54, 1.807) is 20.3 Å². The van der Waals surface area contributed by atoms with Gasteiger partial charge in [-0.15, -0.1) is 0 Å². The second-order valence-electron chi connectivity index (χ2n) is 14.2. The van der Waals surface area contributed by atoms with Crippen molar-refractivity contribution in [3.8, 4) is 23.0 Å². The van der Waals surface area contributed by atoms with Gasteiger partial charge >= 0.3 is 0 Å². The van der Waals surface area contributed by atoms with Crippen molar-refractivity contribution in [2.45, 2.75) is 72.5 Å². The van der Waals surface area contributed by atoms with Crippen LogP contribution in [0.5, 0.6) is 23.0 Å². The lowest BCUT2D eigenvalue weighted by Gasteiger charge is -2.42. The molecule has 0 N–H and O–H groups in total. The summed E-state index contributed by atoms with van der Waals surface area (Å²) >= 11 is 6.91. The van der Waals surface area contributed by atoms with Crippen LogP contribution in [-0.2, 0) is 27.5 Å². The second-order valence-corrected chi connectivity index (χ2v) is 14.6. The van der Waals surface area contributed by atoms with Crippen molar-refractivity contribution in [3.05, 3.63) is 105 Å². The molecule has 0 fully saturated rings. The second kappa shape index (κ2) is 12.8. The number of hydrogen-bond acceptors (Lipinski definition) is 7. The zero-order valence-corrected chi connectivity index (χ0v) is 28.6. The summed E-state index contributed by atoms with van der Waals surface area (Å²) in [6.45, 7) is 8.88. The highest BCUT2D eigenvalue weighted by Crippen LogP contribution is 2.54. The first-order valence-corrected chi connectivity index (χ1v) is 16.3. The molecule has 8 heteroatoms. The zero-order chi connectivity index (χ0) is 33.5. The van der Waals surface area contributed by atoms with Gasteiger partial charge in [-0.25, -0.2) is 0 Å². The molecule has 0 spiro atoms. The van der Waals surface area contributed by atoms with Gasteiger partial charge in [0.25, 0.3) is 0 Å². The van der Waals surface area contributed by atoms with E-state index in [0.29, 0.717) is 88.5 Å². The molecule has 0 unspecified atom stereocenters. The molecule has 246 valence electrons. The SMILES string of the molecule is COc1cc(COc2c(Cl)cc(C3C4=C(CC(C)(C)CC4=O)OC4=C3C(=O)CC(C)(C)C4)cc2OC)ccc1OCc1ccccc1. The highest BCUT2D eigenvalue weighted by atomic mass is 35.5. The summed E-state index contributed by atoms with van der Waals surface area (Å²) < 4.78 is 30.1. The van der Waals surface area contributed by atoms with Gasteiger partial charge in [0.05, 0.1) is 19.2 Å². The summed E-state index contributed by atoms with van der Waals surface area (Å²) in [5.74, 6) is 2.69. The maximum absolute atomic E-state index is 13.7. The van der Waals surface area contributed by atoms with Gasteiger partial charge in [0.2, 0.25) is 0 Å². The van der Waals surface area contributed by atoms with Crippen LogP contribution in [0.25, 0.3) is 0 Å². The van der Waals surface area contributed by atoms with Crippen LogP contribution in [0.1, 0.15) is 76.0 Å². The van der Waals surface area contributed by atoms with Crippen molar-refractivity contribution in [2.75, 3.05) is 14.2 Å².